The van der Waals surface area contributed by atoms with E-state index in [-0.39, 0.29) is 11.5 Å². The lowest BCUT2D eigenvalue weighted by molar-refractivity contribution is 0.0697. The first-order chi connectivity index (χ1) is 15.5. The smallest absolute Gasteiger partial charge is 0.337 e. The number of carboxylic acids is 1. The van der Waals surface area contributed by atoms with Crippen molar-refractivity contribution in [1.82, 2.24) is 4.90 Å². The van der Waals surface area contributed by atoms with Crippen LogP contribution >= 0.6 is 0 Å². The predicted octanol–water partition coefficient (Wildman–Crippen LogP) is 3.96. The second kappa shape index (κ2) is 10.0. The monoisotopic (exact) mass is 437 g/mol. The van der Waals surface area contributed by atoms with Gasteiger partial charge < -0.3 is 25.0 Å². The van der Waals surface area contributed by atoms with E-state index in [9.17, 15) is 14.7 Å². The number of carbonyl (C=O) groups is 2. The molecule has 2 heterocycles. The maximum atomic E-state index is 12.6. The number of nitrogens with zero attached hydrogens (tertiary/aromatic N) is 2. The summed E-state index contributed by atoms with van der Waals surface area (Å²) in [5.41, 5.74) is 1.90. The van der Waals surface area contributed by atoms with Gasteiger partial charge in [0.25, 0.3) is 5.91 Å². The molecule has 170 valence electrons. The normalized spacial score (nSPS) is 19.0. The number of carboxylic acid groups (broad SMARTS) is 1. The Bertz CT molecular complexity index is 954. The van der Waals surface area contributed by atoms with E-state index in [0.717, 1.165) is 31.7 Å². The van der Waals surface area contributed by atoms with Gasteiger partial charge in [-0.05, 0) is 87.2 Å². The molecule has 0 aliphatic carbocycles. The van der Waals surface area contributed by atoms with Crippen LogP contribution in [-0.4, -0.2) is 61.7 Å². The molecular formula is C25H31N3O4. The molecule has 0 bridgehead atoms. The predicted molar refractivity (Wildman–Crippen MR) is 125 cm³/mol. The maximum absolute atomic E-state index is 12.6. The summed E-state index contributed by atoms with van der Waals surface area (Å²) in [7, 11) is 1.57. The summed E-state index contributed by atoms with van der Waals surface area (Å²) >= 11 is 0. The first kappa shape index (κ1) is 22.1. The molecule has 1 atom stereocenters. The largest absolute Gasteiger partial charge is 0.497 e. The molecule has 0 saturated carbocycles. The Morgan fingerprint density at radius 2 is 1.81 bits per heavy atom. The van der Waals surface area contributed by atoms with Gasteiger partial charge in [0.05, 0.1) is 18.4 Å². The topological polar surface area (TPSA) is 82.1 Å². The van der Waals surface area contributed by atoms with E-state index in [1.807, 2.05) is 6.07 Å². The molecule has 7 heteroatoms. The van der Waals surface area contributed by atoms with Crippen LogP contribution in [0.15, 0.2) is 42.5 Å². The lowest BCUT2D eigenvalue weighted by atomic mass is 9.96. The fourth-order valence-electron chi connectivity index (χ4n) is 4.77. The van der Waals surface area contributed by atoms with E-state index in [2.05, 4.69) is 15.1 Å². The van der Waals surface area contributed by atoms with Gasteiger partial charge in [-0.2, -0.15) is 0 Å². The molecular weight excluding hydrogens is 406 g/mol. The van der Waals surface area contributed by atoms with Gasteiger partial charge in [-0.3, -0.25) is 4.79 Å². The molecule has 2 aromatic carbocycles. The minimum Gasteiger partial charge on any atom is -0.497 e. The number of ether oxygens (including phenoxy) is 1. The standard InChI is InChI=1S/C25H31N3O4/c1-32-21-9-6-19(7-10-21)24(29)26-20-8-11-23(22(15-20)25(30)31)28-14-4-5-18(17-28)16-27-12-2-3-13-27/h6-11,15,18H,2-5,12-14,16-17H2,1H3,(H,26,29)(H,30,31). The average molecular weight is 438 g/mol. The van der Waals surface area contributed by atoms with Crippen molar-refractivity contribution >= 4 is 23.3 Å². The summed E-state index contributed by atoms with van der Waals surface area (Å²) in [5, 5.41) is 12.7. The van der Waals surface area contributed by atoms with E-state index in [0.29, 0.717) is 22.9 Å². The molecule has 2 aliphatic heterocycles. The fraction of sp³-hybridized carbons (Fsp3) is 0.440. The van der Waals surface area contributed by atoms with E-state index in [4.69, 9.17) is 4.74 Å². The summed E-state index contributed by atoms with van der Waals surface area (Å²) in [5.74, 6) is -0.0517. The number of anilines is 2. The Kier molecular flexibility index (Phi) is 6.95. The number of amides is 1. The van der Waals surface area contributed by atoms with E-state index in [1.54, 1.807) is 43.5 Å². The van der Waals surface area contributed by atoms with Crippen molar-refractivity contribution in [2.24, 2.45) is 5.92 Å². The third kappa shape index (κ3) is 5.22. The van der Waals surface area contributed by atoms with Crippen LogP contribution in [0.2, 0.25) is 0 Å². The number of carbonyl (C=O) groups excluding carboxylic acids is 1. The van der Waals surface area contributed by atoms with Gasteiger partial charge in [0.15, 0.2) is 0 Å². The average Bonchev–Trinajstić information content (AvgIpc) is 3.32. The van der Waals surface area contributed by atoms with Gasteiger partial charge in [-0.1, -0.05) is 0 Å². The van der Waals surface area contributed by atoms with Gasteiger partial charge in [0.2, 0.25) is 0 Å². The number of hydrogen-bond donors (Lipinski definition) is 2. The van der Waals surface area contributed by atoms with Crippen LogP contribution in [0.5, 0.6) is 5.75 Å². The molecule has 0 radical (unpaired) electrons. The highest BCUT2D eigenvalue weighted by molar-refractivity contribution is 6.05. The summed E-state index contributed by atoms with van der Waals surface area (Å²) in [6, 6.07) is 12.0. The van der Waals surface area contributed by atoms with Crippen molar-refractivity contribution in [1.29, 1.82) is 0 Å². The van der Waals surface area contributed by atoms with Crippen LogP contribution in [0.4, 0.5) is 11.4 Å². The molecule has 2 N–H and O–H groups in total. The maximum Gasteiger partial charge on any atom is 0.337 e. The van der Waals surface area contributed by atoms with E-state index < -0.39 is 5.97 Å². The summed E-state index contributed by atoms with van der Waals surface area (Å²) in [6.45, 7) is 5.18. The first-order valence-corrected chi connectivity index (χ1v) is 11.3. The SMILES string of the molecule is COc1ccc(C(=O)Nc2ccc(N3CCCC(CN4CCCC4)C3)c(C(=O)O)c2)cc1. The van der Waals surface area contributed by atoms with E-state index in [1.165, 1.54) is 32.4 Å². The summed E-state index contributed by atoms with van der Waals surface area (Å²) in [4.78, 5) is 29.3. The summed E-state index contributed by atoms with van der Waals surface area (Å²) in [6.07, 6.45) is 4.81. The molecule has 1 unspecified atom stereocenters. The van der Waals surface area contributed by atoms with Crippen molar-refractivity contribution in [3.8, 4) is 5.75 Å². The van der Waals surface area contributed by atoms with Gasteiger partial charge in [0, 0.05) is 30.9 Å². The molecule has 2 aromatic rings. The number of methoxy groups -OCH3 is 1. The molecule has 0 spiro atoms. The number of hydrogen-bond acceptors (Lipinski definition) is 5. The third-order valence-corrected chi connectivity index (χ3v) is 6.41. The lowest BCUT2D eigenvalue weighted by Gasteiger charge is -2.36. The Hall–Kier alpha value is -3.06. The highest BCUT2D eigenvalue weighted by Crippen LogP contribution is 2.30. The zero-order valence-electron chi connectivity index (χ0n) is 18.5. The molecule has 1 amide bonds. The van der Waals surface area contributed by atoms with Gasteiger partial charge >= 0.3 is 5.97 Å². The Balaban J connectivity index is 1.47. The zero-order chi connectivity index (χ0) is 22.5. The number of rotatable bonds is 7. The van der Waals surface area contributed by atoms with Gasteiger partial charge in [-0.25, -0.2) is 4.79 Å². The van der Waals surface area contributed by atoms with Crippen molar-refractivity contribution < 1.29 is 19.4 Å². The summed E-state index contributed by atoms with van der Waals surface area (Å²) < 4.78 is 5.12. The quantitative estimate of drug-likeness (QED) is 0.682. The lowest BCUT2D eigenvalue weighted by Crippen LogP contribution is -2.41. The molecule has 2 fully saturated rings. The van der Waals surface area contributed by atoms with Crippen LogP contribution in [-0.2, 0) is 0 Å². The number of likely N-dealkylation sites (tertiary alicyclic amines) is 1. The molecule has 32 heavy (non-hydrogen) atoms. The molecule has 7 nitrogen and oxygen atoms in total. The number of aromatic carboxylic acids is 1. The number of nitrogens with one attached hydrogen (secondary N) is 1. The van der Waals surface area contributed by atoms with Crippen LogP contribution < -0.4 is 15.0 Å². The molecule has 0 aromatic heterocycles. The Morgan fingerprint density at radius 3 is 2.50 bits per heavy atom. The van der Waals surface area contributed by atoms with Crippen LogP contribution in [0.25, 0.3) is 0 Å². The molecule has 4 rings (SSSR count). The van der Waals surface area contributed by atoms with Crippen molar-refractivity contribution in [2.45, 2.75) is 25.7 Å². The second-order valence-corrected chi connectivity index (χ2v) is 8.68. The van der Waals surface area contributed by atoms with Gasteiger partial charge in [-0.15, -0.1) is 0 Å². The number of piperidine rings is 1. The van der Waals surface area contributed by atoms with Gasteiger partial charge in [0.1, 0.15) is 5.75 Å². The van der Waals surface area contributed by atoms with Crippen molar-refractivity contribution in [2.75, 3.05) is 50.1 Å². The highest BCUT2D eigenvalue weighted by Gasteiger charge is 2.26. The van der Waals surface area contributed by atoms with Crippen LogP contribution in [0.1, 0.15) is 46.4 Å². The second-order valence-electron chi connectivity index (χ2n) is 8.68. The third-order valence-electron chi connectivity index (χ3n) is 6.41. The van der Waals surface area contributed by atoms with Crippen LogP contribution in [0.3, 0.4) is 0 Å². The molecule has 2 saturated heterocycles. The fourth-order valence-corrected chi connectivity index (χ4v) is 4.77. The first-order valence-electron chi connectivity index (χ1n) is 11.3. The Morgan fingerprint density at radius 1 is 1.06 bits per heavy atom. The highest BCUT2D eigenvalue weighted by atomic mass is 16.5. The minimum atomic E-state index is -0.984. The van der Waals surface area contributed by atoms with E-state index >= 15 is 0 Å². The molecule has 2 aliphatic rings. The Labute approximate surface area is 189 Å². The van der Waals surface area contributed by atoms with Crippen LogP contribution in [0, 0.1) is 5.92 Å². The number of benzene rings is 2. The minimum absolute atomic E-state index is 0.222. The van der Waals surface area contributed by atoms with Crippen molar-refractivity contribution in [3.63, 3.8) is 0 Å². The van der Waals surface area contributed by atoms with Crippen molar-refractivity contribution in [3.05, 3.63) is 53.6 Å². The zero-order valence-corrected chi connectivity index (χ0v) is 18.5.